The summed E-state index contributed by atoms with van der Waals surface area (Å²) in [6.45, 7) is 2.05. The van der Waals surface area contributed by atoms with Crippen LogP contribution in [0.4, 0.5) is 5.82 Å². The van der Waals surface area contributed by atoms with Gasteiger partial charge in [0.15, 0.2) is 0 Å². The van der Waals surface area contributed by atoms with Crippen LogP contribution in [-0.4, -0.2) is 24.1 Å². The van der Waals surface area contributed by atoms with E-state index in [0.29, 0.717) is 0 Å². The highest BCUT2D eigenvalue weighted by atomic mass is 15.4. The number of rotatable bonds is 3. The minimum Gasteiger partial charge on any atom is -0.373 e. The van der Waals surface area contributed by atoms with Gasteiger partial charge in [-0.25, -0.2) is 10.8 Å². The summed E-state index contributed by atoms with van der Waals surface area (Å²) >= 11 is 0. The van der Waals surface area contributed by atoms with E-state index in [0.717, 1.165) is 22.3 Å². The van der Waals surface area contributed by atoms with Gasteiger partial charge in [-0.2, -0.15) is 0 Å². The van der Waals surface area contributed by atoms with Crippen molar-refractivity contribution in [2.75, 3.05) is 19.4 Å². The number of anilines is 1. The van der Waals surface area contributed by atoms with Crippen LogP contribution in [0.25, 0.3) is 16.3 Å². The number of benzene rings is 1. The standard InChI is InChI=1S/C14H18N4/c1-10(9-18(3)15)11-4-5-12-8-17-14(16-2)7-13(12)6-11/h4-9H,15H2,1-3H3,(H,16,17)/b10-9+. The van der Waals surface area contributed by atoms with Gasteiger partial charge in [0.2, 0.25) is 0 Å². The summed E-state index contributed by atoms with van der Waals surface area (Å²) in [5, 5.41) is 6.90. The van der Waals surface area contributed by atoms with E-state index in [1.54, 1.807) is 5.01 Å². The molecule has 94 valence electrons. The van der Waals surface area contributed by atoms with Crippen molar-refractivity contribution >= 4 is 22.2 Å². The molecule has 3 N–H and O–H groups in total. The van der Waals surface area contributed by atoms with Crippen molar-refractivity contribution in [2.24, 2.45) is 5.84 Å². The average molecular weight is 242 g/mol. The minimum absolute atomic E-state index is 0.872. The van der Waals surface area contributed by atoms with E-state index >= 15 is 0 Å². The van der Waals surface area contributed by atoms with Gasteiger partial charge in [0.25, 0.3) is 0 Å². The fourth-order valence-corrected chi connectivity index (χ4v) is 1.90. The van der Waals surface area contributed by atoms with E-state index in [4.69, 9.17) is 5.84 Å². The van der Waals surface area contributed by atoms with Gasteiger partial charge in [0.05, 0.1) is 0 Å². The first kappa shape index (κ1) is 12.4. The quantitative estimate of drug-likeness (QED) is 0.641. The molecule has 0 aliphatic rings. The third-order valence-electron chi connectivity index (χ3n) is 2.83. The predicted molar refractivity (Wildman–Crippen MR) is 76.9 cm³/mol. The van der Waals surface area contributed by atoms with Crippen molar-refractivity contribution in [3.05, 3.63) is 42.2 Å². The van der Waals surface area contributed by atoms with Crippen molar-refractivity contribution in [1.29, 1.82) is 0 Å². The molecule has 0 unspecified atom stereocenters. The molecule has 0 amide bonds. The lowest BCUT2D eigenvalue weighted by molar-refractivity contribution is 0.486. The molecule has 1 heterocycles. The number of hydrazine groups is 1. The molecule has 4 nitrogen and oxygen atoms in total. The Labute approximate surface area is 107 Å². The van der Waals surface area contributed by atoms with E-state index in [2.05, 4.69) is 28.5 Å². The number of nitrogens with two attached hydrogens (primary N) is 1. The summed E-state index contributed by atoms with van der Waals surface area (Å²) in [5.74, 6) is 6.50. The molecule has 0 aliphatic carbocycles. The summed E-state index contributed by atoms with van der Waals surface area (Å²) in [6.07, 6.45) is 3.78. The lowest BCUT2D eigenvalue weighted by Gasteiger charge is -2.09. The monoisotopic (exact) mass is 242 g/mol. The maximum absolute atomic E-state index is 5.63. The van der Waals surface area contributed by atoms with Crippen LogP contribution in [0, 0.1) is 0 Å². The summed E-state index contributed by atoms with van der Waals surface area (Å²) in [5.41, 5.74) is 2.29. The van der Waals surface area contributed by atoms with Gasteiger partial charge in [-0.05, 0) is 35.6 Å². The summed E-state index contributed by atoms with van der Waals surface area (Å²) in [6, 6.07) is 8.34. The number of hydrogen-bond donors (Lipinski definition) is 2. The Morgan fingerprint density at radius 3 is 2.78 bits per heavy atom. The van der Waals surface area contributed by atoms with Gasteiger partial charge in [-0.15, -0.1) is 0 Å². The van der Waals surface area contributed by atoms with Crippen LogP contribution < -0.4 is 11.2 Å². The first-order valence-electron chi connectivity index (χ1n) is 5.84. The number of fused-ring (bicyclic) bond motifs is 1. The second kappa shape index (κ2) is 5.06. The lowest BCUT2D eigenvalue weighted by atomic mass is 10.0. The minimum atomic E-state index is 0.872. The predicted octanol–water partition coefficient (Wildman–Crippen LogP) is 2.44. The fourth-order valence-electron chi connectivity index (χ4n) is 1.90. The normalized spacial score (nSPS) is 11.7. The Morgan fingerprint density at radius 1 is 1.33 bits per heavy atom. The molecular weight excluding hydrogens is 224 g/mol. The van der Waals surface area contributed by atoms with Crippen molar-refractivity contribution in [3.8, 4) is 0 Å². The van der Waals surface area contributed by atoms with Crippen LogP contribution in [0.2, 0.25) is 0 Å². The van der Waals surface area contributed by atoms with E-state index < -0.39 is 0 Å². The van der Waals surface area contributed by atoms with Crippen LogP contribution in [0.15, 0.2) is 36.7 Å². The molecule has 2 aromatic rings. The first-order chi connectivity index (χ1) is 8.60. The third kappa shape index (κ3) is 2.60. The summed E-state index contributed by atoms with van der Waals surface area (Å²) in [4.78, 5) is 4.29. The van der Waals surface area contributed by atoms with Crippen molar-refractivity contribution in [1.82, 2.24) is 9.99 Å². The molecule has 0 aliphatic heterocycles. The van der Waals surface area contributed by atoms with Gasteiger partial charge in [0, 0.05) is 31.9 Å². The number of aromatic nitrogens is 1. The van der Waals surface area contributed by atoms with Gasteiger partial charge in [-0.3, -0.25) is 0 Å². The number of nitrogens with zero attached hydrogens (tertiary/aromatic N) is 2. The zero-order valence-corrected chi connectivity index (χ0v) is 10.9. The SMILES string of the molecule is CNc1cc2cc(/C(C)=C/N(C)N)ccc2cn1. The van der Waals surface area contributed by atoms with Crippen LogP contribution >= 0.6 is 0 Å². The zero-order valence-electron chi connectivity index (χ0n) is 10.9. The molecule has 0 saturated carbocycles. The Hall–Kier alpha value is -2.07. The Kier molecular flexibility index (Phi) is 3.48. The fraction of sp³-hybridized carbons (Fsp3) is 0.214. The average Bonchev–Trinajstić information content (AvgIpc) is 2.36. The highest BCUT2D eigenvalue weighted by Gasteiger charge is 2.01. The third-order valence-corrected chi connectivity index (χ3v) is 2.83. The second-order valence-corrected chi connectivity index (χ2v) is 4.36. The molecular formula is C14H18N4. The van der Waals surface area contributed by atoms with Crippen LogP contribution in [-0.2, 0) is 0 Å². The van der Waals surface area contributed by atoms with E-state index in [1.807, 2.05) is 39.5 Å². The van der Waals surface area contributed by atoms with Gasteiger partial charge in [-0.1, -0.05) is 12.1 Å². The molecule has 0 fully saturated rings. The van der Waals surface area contributed by atoms with Crippen molar-refractivity contribution in [3.63, 3.8) is 0 Å². The number of allylic oxidation sites excluding steroid dienone is 1. The lowest BCUT2D eigenvalue weighted by Crippen LogP contribution is -2.18. The zero-order chi connectivity index (χ0) is 13.1. The van der Waals surface area contributed by atoms with Crippen molar-refractivity contribution in [2.45, 2.75) is 6.92 Å². The maximum Gasteiger partial charge on any atom is 0.126 e. The molecule has 18 heavy (non-hydrogen) atoms. The Morgan fingerprint density at radius 2 is 2.11 bits per heavy atom. The Balaban J connectivity index is 2.48. The topological polar surface area (TPSA) is 54.2 Å². The molecule has 0 spiro atoms. The van der Waals surface area contributed by atoms with Gasteiger partial charge < -0.3 is 10.3 Å². The van der Waals surface area contributed by atoms with E-state index in [1.165, 1.54) is 5.39 Å². The Bertz CT molecular complexity index is 587. The van der Waals surface area contributed by atoms with Crippen LogP contribution in [0.1, 0.15) is 12.5 Å². The van der Waals surface area contributed by atoms with Gasteiger partial charge >= 0.3 is 0 Å². The summed E-state index contributed by atoms with van der Waals surface area (Å²) in [7, 11) is 3.68. The van der Waals surface area contributed by atoms with E-state index in [9.17, 15) is 0 Å². The van der Waals surface area contributed by atoms with Gasteiger partial charge in [0.1, 0.15) is 5.82 Å². The molecule has 0 saturated heterocycles. The molecule has 1 aromatic carbocycles. The molecule has 0 atom stereocenters. The largest absolute Gasteiger partial charge is 0.373 e. The van der Waals surface area contributed by atoms with Crippen LogP contribution in [0.3, 0.4) is 0 Å². The van der Waals surface area contributed by atoms with E-state index in [-0.39, 0.29) is 0 Å². The van der Waals surface area contributed by atoms with Crippen LogP contribution in [0.5, 0.6) is 0 Å². The molecule has 4 heteroatoms. The number of hydrogen-bond acceptors (Lipinski definition) is 4. The maximum atomic E-state index is 5.63. The molecule has 0 bridgehead atoms. The highest BCUT2D eigenvalue weighted by Crippen LogP contribution is 2.22. The highest BCUT2D eigenvalue weighted by molar-refractivity contribution is 5.87. The molecule has 1 aromatic heterocycles. The van der Waals surface area contributed by atoms with Crippen molar-refractivity contribution < 1.29 is 0 Å². The second-order valence-electron chi connectivity index (χ2n) is 4.36. The molecule has 2 rings (SSSR count). The first-order valence-corrected chi connectivity index (χ1v) is 5.84. The number of nitrogens with one attached hydrogen (secondary N) is 1. The molecule has 0 radical (unpaired) electrons. The smallest absolute Gasteiger partial charge is 0.126 e. The summed E-state index contributed by atoms with van der Waals surface area (Å²) < 4.78 is 0. The number of pyridine rings is 1.